The number of fused-ring (bicyclic) bond motifs is 1. The van der Waals surface area contributed by atoms with Gasteiger partial charge in [-0.3, -0.25) is 0 Å². The monoisotopic (exact) mass is 269 g/mol. The van der Waals surface area contributed by atoms with Crippen LogP contribution in [0.4, 0.5) is 5.82 Å². The average molecular weight is 269 g/mol. The van der Waals surface area contributed by atoms with Crippen molar-refractivity contribution in [2.24, 2.45) is 0 Å². The predicted molar refractivity (Wildman–Crippen MR) is 81.6 cm³/mol. The van der Waals surface area contributed by atoms with Gasteiger partial charge in [0, 0.05) is 16.3 Å². The number of hydrogen-bond donors (Lipinski definition) is 1. The van der Waals surface area contributed by atoms with Crippen molar-refractivity contribution in [1.29, 1.82) is 0 Å². The van der Waals surface area contributed by atoms with Gasteiger partial charge in [0.1, 0.15) is 12.1 Å². The summed E-state index contributed by atoms with van der Waals surface area (Å²) in [5.41, 5.74) is 2.18. The third-order valence-corrected chi connectivity index (χ3v) is 3.79. The normalized spacial score (nSPS) is 11.1. The molecule has 0 aliphatic heterocycles. The number of nitrogens with zero attached hydrogens (tertiary/aromatic N) is 2. The van der Waals surface area contributed by atoms with Crippen LogP contribution in [0.3, 0.4) is 0 Å². The van der Waals surface area contributed by atoms with Crippen molar-refractivity contribution in [2.45, 2.75) is 19.9 Å². The minimum Gasteiger partial charge on any atom is -0.367 e. The van der Waals surface area contributed by atoms with Gasteiger partial charge in [0.15, 0.2) is 0 Å². The maximum absolute atomic E-state index is 4.35. The van der Waals surface area contributed by atoms with E-state index in [0.717, 1.165) is 16.7 Å². The van der Waals surface area contributed by atoms with E-state index in [9.17, 15) is 0 Å². The zero-order valence-corrected chi connectivity index (χ0v) is 11.7. The Bertz CT molecular complexity index is 690. The second-order valence-electron chi connectivity index (χ2n) is 4.73. The predicted octanol–water partition coefficient (Wildman–Crippen LogP) is 4.18. The highest BCUT2D eigenvalue weighted by Crippen LogP contribution is 2.29. The van der Waals surface area contributed by atoms with E-state index in [2.05, 4.69) is 64.8 Å². The van der Waals surface area contributed by atoms with E-state index in [0.29, 0.717) is 6.04 Å². The lowest BCUT2D eigenvalue weighted by atomic mass is 10.1. The molecule has 0 amide bonds. The standard InChI is InChI=1S/C15H15N3S/c1-10(2)18-15-12-8-11(14-4-3-7-19-14)5-6-13(12)16-9-17-15/h3-10H,1-2H3,(H,16,17,18). The van der Waals surface area contributed by atoms with Gasteiger partial charge in [0.25, 0.3) is 0 Å². The fraction of sp³-hybridized carbons (Fsp3) is 0.200. The van der Waals surface area contributed by atoms with Crippen molar-refractivity contribution in [2.75, 3.05) is 5.32 Å². The molecule has 0 unspecified atom stereocenters. The molecule has 3 aromatic rings. The molecule has 0 aliphatic carbocycles. The second-order valence-corrected chi connectivity index (χ2v) is 5.68. The maximum Gasteiger partial charge on any atom is 0.137 e. The molecule has 0 aliphatic rings. The van der Waals surface area contributed by atoms with Crippen molar-refractivity contribution in [1.82, 2.24) is 9.97 Å². The van der Waals surface area contributed by atoms with E-state index in [1.54, 1.807) is 17.7 Å². The van der Waals surface area contributed by atoms with Crippen molar-refractivity contribution in [3.8, 4) is 10.4 Å². The van der Waals surface area contributed by atoms with Gasteiger partial charge in [0.2, 0.25) is 0 Å². The third-order valence-electron chi connectivity index (χ3n) is 2.87. The van der Waals surface area contributed by atoms with Crippen LogP contribution in [0.5, 0.6) is 0 Å². The first-order valence-electron chi connectivity index (χ1n) is 6.29. The van der Waals surface area contributed by atoms with Crippen molar-refractivity contribution in [3.63, 3.8) is 0 Å². The van der Waals surface area contributed by atoms with Crippen molar-refractivity contribution in [3.05, 3.63) is 42.0 Å². The van der Waals surface area contributed by atoms with Crippen LogP contribution >= 0.6 is 11.3 Å². The van der Waals surface area contributed by atoms with Gasteiger partial charge in [0.05, 0.1) is 5.52 Å². The van der Waals surface area contributed by atoms with Gasteiger partial charge < -0.3 is 5.32 Å². The van der Waals surface area contributed by atoms with Crippen molar-refractivity contribution >= 4 is 28.1 Å². The number of anilines is 1. The lowest BCUT2D eigenvalue weighted by Crippen LogP contribution is -2.11. The summed E-state index contributed by atoms with van der Waals surface area (Å²) in [7, 11) is 0. The van der Waals surface area contributed by atoms with E-state index < -0.39 is 0 Å². The summed E-state index contributed by atoms with van der Waals surface area (Å²) in [4.78, 5) is 9.94. The fourth-order valence-electron chi connectivity index (χ4n) is 2.04. The minimum atomic E-state index is 0.350. The summed E-state index contributed by atoms with van der Waals surface area (Å²) in [6, 6.07) is 10.9. The number of rotatable bonds is 3. The first-order valence-corrected chi connectivity index (χ1v) is 7.17. The molecule has 1 aromatic carbocycles. The average Bonchev–Trinajstić information content (AvgIpc) is 2.92. The molecular formula is C15H15N3S. The summed E-state index contributed by atoms with van der Waals surface area (Å²) in [6.45, 7) is 4.22. The third kappa shape index (κ3) is 2.44. The summed E-state index contributed by atoms with van der Waals surface area (Å²) in [5, 5.41) is 6.54. The summed E-state index contributed by atoms with van der Waals surface area (Å²) in [5.74, 6) is 0.901. The van der Waals surface area contributed by atoms with E-state index in [1.165, 1.54) is 10.4 Å². The number of benzene rings is 1. The van der Waals surface area contributed by atoms with Crippen LogP contribution in [0.2, 0.25) is 0 Å². The van der Waals surface area contributed by atoms with Gasteiger partial charge in [-0.2, -0.15) is 0 Å². The van der Waals surface area contributed by atoms with Crippen LogP contribution < -0.4 is 5.32 Å². The van der Waals surface area contributed by atoms with Gasteiger partial charge in [-0.25, -0.2) is 9.97 Å². The topological polar surface area (TPSA) is 37.8 Å². The summed E-state index contributed by atoms with van der Waals surface area (Å²) < 4.78 is 0. The molecular weight excluding hydrogens is 254 g/mol. The molecule has 4 heteroatoms. The molecule has 0 bridgehead atoms. The smallest absolute Gasteiger partial charge is 0.137 e. The molecule has 2 aromatic heterocycles. The Morgan fingerprint density at radius 3 is 2.79 bits per heavy atom. The Morgan fingerprint density at radius 2 is 2.05 bits per heavy atom. The molecule has 0 saturated carbocycles. The first-order chi connectivity index (χ1) is 9.24. The SMILES string of the molecule is CC(C)Nc1ncnc2ccc(-c3cccs3)cc12. The minimum absolute atomic E-state index is 0.350. The summed E-state index contributed by atoms with van der Waals surface area (Å²) >= 11 is 1.74. The molecule has 0 radical (unpaired) electrons. The van der Waals surface area contributed by atoms with Gasteiger partial charge in [-0.05, 0) is 43.0 Å². The Hall–Kier alpha value is -1.94. The second kappa shape index (κ2) is 4.97. The highest BCUT2D eigenvalue weighted by atomic mass is 32.1. The fourth-order valence-corrected chi connectivity index (χ4v) is 2.77. The Kier molecular flexibility index (Phi) is 3.17. The Labute approximate surface area is 116 Å². The quantitative estimate of drug-likeness (QED) is 0.775. The molecule has 3 nitrogen and oxygen atoms in total. The Balaban J connectivity index is 2.15. The van der Waals surface area contributed by atoms with Crippen LogP contribution in [0.1, 0.15) is 13.8 Å². The molecule has 0 saturated heterocycles. The highest BCUT2D eigenvalue weighted by Gasteiger charge is 2.07. The number of hydrogen-bond acceptors (Lipinski definition) is 4. The van der Waals surface area contributed by atoms with E-state index in [1.807, 2.05) is 0 Å². The van der Waals surface area contributed by atoms with E-state index in [4.69, 9.17) is 0 Å². The zero-order valence-electron chi connectivity index (χ0n) is 10.9. The van der Waals surface area contributed by atoms with Crippen LogP contribution in [-0.4, -0.2) is 16.0 Å². The number of nitrogens with one attached hydrogen (secondary N) is 1. The van der Waals surface area contributed by atoms with E-state index in [-0.39, 0.29) is 0 Å². The number of thiophene rings is 1. The molecule has 0 atom stereocenters. The van der Waals surface area contributed by atoms with Gasteiger partial charge >= 0.3 is 0 Å². The maximum atomic E-state index is 4.35. The largest absolute Gasteiger partial charge is 0.367 e. The van der Waals surface area contributed by atoms with Crippen molar-refractivity contribution < 1.29 is 0 Å². The molecule has 0 fully saturated rings. The van der Waals surface area contributed by atoms with Crippen LogP contribution in [-0.2, 0) is 0 Å². The highest BCUT2D eigenvalue weighted by molar-refractivity contribution is 7.13. The number of aromatic nitrogens is 2. The van der Waals surface area contributed by atoms with Crippen LogP contribution in [0.25, 0.3) is 21.3 Å². The van der Waals surface area contributed by atoms with Crippen LogP contribution in [0, 0.1) is 0 Å². The summed E-state index contributed by atoms with van der Waals surface area (Å²) in [6.07, 6.45) is 1.61. The molecule has 0 spiro atoms. The molecule has 96 valence electrons. The van der Waals surface area contributed by atoms with Crippen LogP contribution in [0.15, 0.2) is 42.0 Å². The zero-order chi connectivity index (χ0) is 13.2. The molecule has 3 rings (SSSR count). The molecule has 2 heterocycles. The van der Waals surface area contributed by atoms with E-state index >= 15 is 0 Å². The van der Waals surface area contributed by atoms with Gasteiger partial charge in [-0.1, -0.05) is 12.1 Å². The first kappa shape index (κ1) is 12.1. The lowest BCUT2D eigenvalue weighted by Gasteiger charge is -2.11. The molecule has 19 heavy (non-hydrogen) atoms. The molecule has 1 N–H and O–H groups in total. The lowest BCUT2D eigenvalue weighted by molar-refractivity contribution is 0.890. The Morgan fingerprint density at radius 1 is 1.16 bits per heavy atom. The van der Waals surface area contributed by atoms with Gasteiger partial charge in [-0.15, -0.1) is 11.3 Å².